The number of ether oxygens (including phenoxy) is 2. The number of methoxy groups -OCH3 is 2. The van der Waals surface area contributed by atoms with E-state index in [-0.39, 0.29) is 28.6 Å². The maximum Gasteiger partial charge on any atom is 0.258 e. The lowest BCUT2D eigenvalue weighted by molar-refractivity contribution is 0.102. The summed E-state index contributed by atoms with van der Waals surface area (Å²) in [6.45, 7) is 1.75. The Hall–Kier alpha value is -5.07. The molecule has 0 aliphatic rings. The molecule has 4 aromatic carbocycles. The Balaban J connectivity index is 1.57. The zero-order chi connectivity index (χ0) is 29.8. The molecule has 5 rings (SSSR count). The van der Waals surface area contributed by atoms with Crippen molar-refractivity contribution >= 4 is 56.9 Å². The zero-order valence-corrected chi connectivity index (χ0v) is 23.6. The minimum absolute atomic E-state index is 0.0305. The van der Waals surface area contributed by atoms with Gasteiger partial charge in [-0.2, -0.15) is 0 Å². The van der Waals surface area contributed by atoms with Gasteiger partial charge in [-0.1, -0.05) is 29.8 Å². The number of nitrogens with zero attached hydrogens (tertiary/aromatic N) is 3. The van der Waals surface area contributed by atoms with Gasteiger partial charge < -0.3 is 24.7 Å². The molecule has 0 saturated carbocycles. The van der Waals surface area contributed by atoms with Crippen LogP contribution in [0, 0.1) is 12.7 Å². The molecule has 2 N–H and O–H groups in total. The zero-order valence-electron chi connectivity index (χ0n) is 22.8. The fourth-order valence-electron chi connectivity index (χ4n) is 4.23. The van der Waals surface area contributed by atoms with E-state index in [1.165, 1.54) is 38.5 Å². The molecule has 10 nitrogen and oxygen atoms in total. The molecular formula is C30H25FN5O5S-. The molecule has 1 atom stereocenters. The van der Waals surface area contributed by atoms with Gasteiger partial charge in [0.25, 0.3) is 5.91 Å². The summed E-state index contributed by atoms with van der Waals surface area (Å²) in [6, 6.07) is 22.4. The van der Waals surface area contributed by atoms with Crippen molar-refractivity contribution in [2.45, 2.75) is 6.92 Å². The van der Waals surface area contributed by atoms with Crippen LogP contribution < -0.4 is 24.4 Å². The molecule has 0 saturated heterocycles. The van der Waals surface area contributed by atoms with Crippen LogP contribution >= 0.6 is 0 Å². The Morgan fingerprint density at radius 2 is 1.57 bits per heavy atom. The number of benzene rings is 4. The van der Waals surface area contributed by atoms with E-state index in [1.54, 1.807) is 67.6 Å². The fraction of sp³-hybridized carbons (Fsp3) is 0.100. The largest absolute Gasteiger partial charge is 0.755 e. The minimum Gasteiger partial charge on any atom is -0.755 e. The first-order valence-corrected chi connectivity index (χ1v) is 13.6. The van der Waals surface area contributed by atoms with Crippen molar-refractivity contribution in [3.8, 4) is 11.5 Å². The second-order valence-corrected chi connectivity index (χ2v) is 9.91. The van der Waals surface area contributed by atoms with E-state index < -0.39 is 23.0 Å². The Kier molecular flexibility index (Phi) is 8.27. The molecule has 0 radical (unpaired) electrons. The average Bonchev–Trinajstić information content (AvgIpc) is 2.98. The van der Waals surface area contributed by atoms with E-state index in [1.807, 2.05) is 0 Å². The van der Waals surface area contributed by atoms with Gasteiger partial charge in [0, 0.05) is 29.6 Å². The summed E-state index contributed by atoms with van der Waals surface area (Å²) in [7, 11) is 3.03. The van der Waals surface area contributed by atoms with Crippen LogP contribution in [-0.2, 0) is 11.3 Å². The van der Waals surface area contributed by atoms with Crippen LogP contribution in [0.2, 0.25) is 0 Å². The SMILES string of the molecule is COc1cc(Nc2nc3ccccc3nc2N(c2cccc(NC(=O)c3cc(C)ccc3F)c2)S(=O)[O-])cc(OC)c1. The number of aryl methyl sites for hydroxylation is 1. The number of rotatable bonds is 9. The molecule has 12 heteroatoms. The van der Waals surface area contributed by atoms with Crippen LogP contribution in [0.1, 0.15) is 15.9 Å². The maximum absolute atomic E-state index is 14.3. The van der Waals surface area contributed by atoms with Gasteiger partial charge in [-0.15, -0.1) is 0 Å². The highest BCUT2D eigenvalue weighted by Crippen LogP contribution is 2.36. The number of halogens is 1. The number of fused-ring (bicyclic) bond motifs is 1. The van der Waals surface area contributed by atoms with E-state index in [9.17, 15) is 17.9 Å². The van der Waals surface area contributed by atoms with Gasteiger partial charge in [-0.25, -0.2) is 14.4 Å². The Labute approximate surface area is 243 Å². The third-order valence-corrected chi connectivity index (χ3v) is 6.89. The molecule has 0 spiro atoms. The second kappa shape index (κ2) is 12.2. The molecule has 1 unspecified atom stereocenters. The third-order valence-electron chi connectivity index (χ3n) is 6.21. The molecule has 214 valence electrons. The molecule has 1 amide bonds. The van der Waals surface area contributed by atoms with Crippen LogP contribution in [-0.4, -0.2) is 38.9 Å². The Morgan fingerprint density at radius 3 is 2.24 bits per heavy atom. The van der Waals surface area contributed by atoms with Gasteiger partial charge in [0.05, 0.1) is 47.8 Å². The molecular weight excluding hydrogens is 561 g/mol. The summed E-state index contributed by atoms with van der Waals surface area (Å²) >= 11 is -2.87. The molecule has 42 heavy (non-hydrogen) atoms. The quantitative estimate of drug-likeness (QED) is 0.201. The smallest absolute Gasteiger partial charge is 0.258 e. The number of amides is 1. The highest BCUT2D eigenvalue weighted by molar-refractivity contribution is 7.81. The van der Waals surface area contributed by atoms with Crippen LogP contribution in [0.3, 0.4) is 0 Å². The summed E-state index contributed by atoms with van der Waals surface area (Å²) in [6.07, 6.45) is 0. The molecule has 5 aromatic rings. The van der Waals surface area contributed by atoms with Crippen molar-refractivity contribution < 1.29 is 27.4 Å². The summed E-state index contributed by atoms with van der Waals surface area (Å²) in [5.74, 6) is -0.243. The lowest BCUT2D eigenvalue weighted by atomic mass is 10.1. The first kappa shape index (κ1) is 28.5. The highest BCUT2D eigenvalue weighted by Gasteiger charge is 2.21. The van der Waals surface area contributed by atoms with Gasteiger partial charge in [-0.3, -0.25) is 13.3 Å². The summed E-state index contributed by atoms with van der Waals surface area (Å²) < 4.78 is 51.4. The van der Waals surface area contributed by atoms with Crippen molar-refractivity contribution in [2.75, 3.05) is 29.2 Å². The van der Waals surface area contributed by atoms with E-state index >= 15 is 0 Å². The van der Waals surface area contributed by atoms with Crippen LogP contribution in [0.25, 0.3) is 11.0 Å². The number of para-hydroxylation sites is 2. The van der Waals surface area contributed by atoms with Crippen molar-refractivity contribution in [3.05, 3.63) is 102 Å². The second-order valence-electron chi connectivity index (χ2n) is 9.11. The van der Waals surface area contributed by atoms with Crippen LogP contribution in [0.15, 0.2) is 84.9 Å². The monoisotopic (exact) mass is 586 g/mol. The van der Waals surface area contributed by atoms with Gasteiger partial charge in [0.2, 0.25) is 0 Å². The van der Waals surface area contributed by atoms with Gasteiger partial charge >= 0.3 is 0 Å². The van der Waals surface area contributed by atoms with E-state index in [4.69, 9.17) is 9.47 Å². The van der Waals surface area contributed by atoms with Crippen LogP contribution in [0.4, 0.5) is 33.1 Å². The maximum atomic E-state index is 14.3. The Morgan fingerprint density at radius 1 is 0.881 bits per heavy atom. The summed E-state index contributed by atoms with van der Waals surface area (Å²) in [4.78, 5) is 22.1. The number of carbonyl (C=O) groups is 1. The molecule has 0 aliphatic heterocycles. The number of aromatic nitrogens is 2. The van der Waals surface area contributed by atoms with E-state index in [0.29, 0.717) is 33.8 Å². The number of anilines is 5. The lowest BCUT2D eigenvalue weighted by Crippen LogP contribution is -2.23. The van der Waals surface area contributed by atoms with Crippen molar-refractivity contribution in [3.63, 3.8) is 0 Å². The normalized spacial score (nSPS) is 11.5. The molecule has 0 fully saturated rings. The standard InChI is InChI=1S/C30H26FN5O5S/c1-18-11-12-25(31)24(13-18)30(37)33-19-7-6-8-21(14-19)36(42(38)39)29-28(34-26-9-4-5-10-27(26)35-29)32-20-15-22(40-2)17-23(16-20)41-3/h4-17H,1-3H3,(H,32,34)(H,33,37)(H,38,39)/p-1. The number of carbonyl (C=O) groups excluding carboxylic acids is 1. The average molecular weight is 587 g/mol. The first-order chi connectivity index (χ1) is 20.2. The fourth-order valence-corrected chi connectivity index (χ4v) is 4.79. The predicted octanol–water partition coefficient (Wildman–Crippen LogP) is 6.02. The number of hydrogen-bond donors (Lipinski definition) is 2. The first-order valence-electron chi connectivity index (χ1n) is 12.6. The molecule has 0 aliphatic carbocycles. The van der Waals surface area contributed by atoms with E-state index in [0.717, 1.165) is 4.31 Å². The van der Waals surface area contributed by atoms with Crippen molar-refractivity contribution in [2.24, 2.45) is 0 Å². The summed E-state index contributed by atoms with van der Waals surface area (Å²) in [5, 5.41) is 5.77. The highest BCUT2D eigenvalue weighted by atomic mass is 32.2. The molecule has 1 aromatic heterocycles. The van der Waals surface area contributed by atoms with Gasteiger partial charge in [0.15, 0.2) is 11.6 Å². The number of hydrogen-bond acceptors (Lipinski definition) is 8. The molecule has 1 heterocycles. The topological polar surface area (TPSA) is 129 Å². The Bertz CT molecular complexity index is 1800. The van der Waals surface area contributed by atoms with Gasteiger partial charge in [0.1, 0.15) is 17.3 Å². The predicted molar refractivity (Wildman–Crippen MR) is 159 cm³/mol. The van der Waals surface area contributed by atoms with E-state index in [2.05, 4.69) is 20.6 Å². The van der Waals surface area contributed by atoms with Crippen LogP contribution in [0.5, 0.6) is 11.5 Å². The lowest BCUT2D eigenvalue weighted by Gasteiger charge is -2.27. The molecule has 0 bridgehead atoms. The van der Waals surface area contributed by atoms with Crippen molar-refractivity contribution in [1.82, 2.24) is 9.97 Å². The number of nitrogens with one attached hydrogen (secondary N) is 2. The minimum atomic E-state index is -2.87. The van der Waals surface area contributed by atoms with Crippen molar-refractivity contribution in [1.29, 1.82) is 0 Å². The third kappa shape index (κ3) is 6.14. The summed E-state index contributed by atoms with van der Waals surface area (Å²) in [5.41, 5.74) is 2.47. The van der Waals surface area contributed by atoms with Gasteiger partial charge in [-0.05, 0) is 49.4 Å².